The molecule has 2 rings (SSSR count). The number of H-pyrrole nitrogens is 1. The minimum Gasteiger partial charge on any atom is -0.383 e. The summed E-state index contributed by atoms with van der Waals surface area (Å²) in [5.74, 6) is -0.418. The van der Waals surface area contributed by atoms with E-state index in [-0.39, 0.29) is 17.0 Å². The Balaban J connectivity index is 2.36. The molecule has 0 saturated carbocycles. The highest BCUT2D eigenvalue weighted by molar-refractivity contribution is 5.96. The van der Waals surface area contributed by atoms with Crippen LogP contribution < -0.4 is 10.7 Å². The fourth-order valence-electron chi connectivity index (χ4n) is 1.96. The Hall–Kier alpha value is -2.21. The quantitative estimate of drug-likeness (QED) is 0.871. The van der Waals surface area contributed by atoms with Gasteiger partial charge < -0.3 is 15.0 Å². The van der Waals surface area contributed by atoms with E-state index in [1.807, 2.05) is 13.8 Å². The fraction of sp³-hybridized carbons (Fsp3) is 0.357. The number of nitrogens with one attached hydrogen (secondary N) is 2. The average molecular weight is 275 g/mol. The van der Waals surface area contributed by atoms with Gasteiger partial charge in [-0.3, -0.25) is 9.59 Å². The van der Waals surface area contributed by atoms with E-state index in [4.69, 9.17) is 4.74 Å². The third-order valence-corrected chi connectivity index (χ3v) is 2.92. The van der Waals surface area contributed by atoms with E-state index in [2.05, 4.69) is 15.3 Å². The first-order valence-electron chi connectivity index (χ1n) is 6.31. The Morgan fingerprint density at radius 3 is 2.95 bits per heavy atom. The lowest BCUT2D eigenvalue weighted by atomic mass is 10.1. The third-order valence-electron chi connectivity index (χ3n) is 2.92. The SMILES string of the molecule is COC[C@H](C)NC(=O)c1c[nH]c2nc(C)ccc2c1=O. The summed E-state index contributed by atoms with van der Waals surface area (Å²) < 4.78 is 4.94. The summed E-state index contributed by atoms with van der Waals surface area (Å²) in [5, 5.41) is 3.11. The maximum atomic E-state index is 12.3. The number of aromatic amines is 1. The summed E-state index contributed by atoms with van der Waals surface area (Å²) >= 11 is 0. The summed E-state index contributed by atoms with van der Waals surface area (Å²) in [6.07, 6.45) is 1.39. The van der Waals surface area contributed by atoms with Gasteiger partial charge in [0.25, 0.3) is 5.91 Å². The van der Waals surface area contributed by atoms with E-state index >= 15 is 0 Å². The van der Waals surface area contributed by atoms with Crippen LogP contribution in [0.15, 0.2) is 23.1 Å². The second-order valence-electron chi connectivity index (χ2n) is 4.71. The molecule has 0 aliphatic heterocycles. The van der Waals surface area contributed by atoms with Crippen molar-refractivity contribution in [1.29, 1.82) is 0 Å². The van der Waals surface area contributed by atoms with Crippen LogP contribution in [0.1, 0.15) is 23.0 Å². The highest BCUT2D eigenvalue weighted by Gasteiger charge is 2.15. The van der Waals surface area contributed by atoms with Crippen LogP contribution in [0.3, 0.4) is 0 Å². The summed E-state index contributed by atoms with van der Waals surface area (Å²) in [4.78, 5) is 31.4. The Morgan fingerprint density at radius 2 is 2.25 bits per heavy atom. The Bertz CT molecular complexity index is 694. The fourth-order valence-corrected chi connectivity index (χ4v) is 1.96. The van der Waals surface area contributed by atoms with Gasteiger partial charge in [0.15, 0.2) is 0 Å². The van der Waals surface area contributed by atoms with Gasteiger partial charge in [0.05, 0.1) is 12.0 Å². The number of ether oxygens (including phenoxy) is 1. The molecule has 0 aromatic carbocycles. The molecule has 6 nitrogen and oxygen atoms in total. The molecular formula is C14H17N3O3. The van der Waals surface area contributed by atoms with Crippen molar-refractivity contribution in [2.75, 3.05) is 13.7 Å². The second kappa shape index (κ2) is 5.83. The number of carbonyl (C=O) groups is 1. The second-order valence-corrected chi connectivity index (χ2v) is 4.71. The van der Waals surface area contributed by atoms with E-state index < -0.39 is 5.91 Å². The zero-order valence-corrected chi connectivity index (χ0v) is 11.7. The summed E-state index contributed by atoms with van der Waals surface area (Å²) in [7, 11) is 1.56. The predicted molar refractivity (Wildman–Crippen MR) is 75.9 cm³/mol. The normalized spacial score (nSPS) is 12.3. The molecule has 0 spiro atoms. The lowest BCUT2D eigenvalue weighted by Crippen LogP contribution is -2.38. The van der Waals surface area contributed by atoms with Crippen LogP contribution in [0.25, 0.3) is 11.0 Å². The molecule has 1 amide bonds. The van der Waals surface area contributed by atoms with Crippen molar-refractivity contribution in [2.45, 2.75) is 19.9 Å². The molecule has 0 fully saturated rings. The van der Waals surface area contributed by atoms with Gasteiger partial charge in [-0.2, -0.15) is 0 Å². The smallest absolute Gasteiger partial charge is 0.257 e. The molecule has 106 valence electrons. The molecule has 2 aromatic rings. The van der Waals surface area contributed by atoms with Crippen molar-refractivity contribution in [2.24, 2.45) is 0 Å². The van der Waals surface area contributed by atoms with E-state index in [9.17, 15) is 9.59 Å². The lowest BCUT2D eigenvalue weighted by molar-refractivity contribution is 0.0904. The first-order chi connectivity index (χ1) is 9.52. The zero-order valence-electron chi connectivity index (χ0n) is 11.7. The summed E-state index contributed by atoms with van der Waals surface area (Å²) in [6.45, 7) is 4.03. The number of methoxy groups -OCH3 is 1. The molecule has 2 N–H and O–H groups in total. The highest BCUT2D eigenvalue weighted by atomic mass is 16.5. The molecule has 2 aromatic heterocycles. The Labute approximate surface area is 116 Å². The van der Waals surface area contributed by atoms with E-state index in [1.165, 1.54) is 6.20 Å². The number of hydrogen-bond donors (Lipinski definition) is 2. The van der Waals surface area contributed by atoms with Gasteiger partial charge in [-0.05, 0) is 26.0 Å². The number of aryl methyl sites for hydroxylation is 1. The van der Waals surface area contributed by atoms with Gasteiger partial charge in [0.2, 0.25) is 5.43 Å². The monoisotopic (exact) mass is 275 g/mol. The van der Waals surface area contributed by atoms with Crippen molar-refractivity contribution in [3.8, 4) is 0 Å². The average Bonchev–Trinajstić information content (AvgIpc) is 2.38. The number of fused-ring (bicyclic) bond motifs is 1. The maximum Gasteiger partial charge on any atom is 0.257 e. The van der Waals surface area contributed by atoms with Gasteiger partial charge in [-0.25, -0.2) is 4.98 Å². The molecule has 2 heterocycles. The summed E-state index contributed by atoms with van der Waals surface area (Å²) in [6, 6.07) is 3.25. The number of hydrogen-bond acceptors (Lipinski definition) is 4. The van der Waals surface area contributed by atoms with Crippen LogP contribution >= 0.6 is 0 Å². The highest BCUT2D eigenvalue weighted by Crippen LogP contribution is 2.06. The van der Waals surface area contributed by atoms with Gasteiger partial charge in [-0.15, -0.1) is 0 Å². The van der Waals surface area contributed by atoms with Crippen LogP contribution in [-0.2, 0) is 4.74 Å². The van der Waals surface area contributed by atoms with Crippen molar-refractivity contribution in [3.05, 3.63) is 39.8 Å². The molecule has 0 saturated heterocycles. The van der Waals surface area contributed by atoms with E-state index in [0.29, 0.717) is 17.6 Å². The van der Waals surface area contributed by atoms with Crippen LogP contribution in [0.5, 0.6) is 0 Å². The van der Waals surface area contributed by atoms with Gasteiger partial charge in [0, 0.05) is 25.0 Å². The topological polar surface area (TPSA) is 84.1 Å². The van der Waals surface area contributed by atoms with Crippen molar-refractivity contribution in [1.82, 2.24) is 15.3 Å². The first kappa shape index (κ1) is 14.2. The minimum atomic E-state index is -0.418. The maximum absolute atomic E-state index is 12.3. The molecule has 0 bridgehead atoms. The number of aromatic nitrogens is 2. The molecule has 0 aliphatic rings. The molecular weight excluding hydrogens is 258 g/mol. The van der Waals surface area contributed by atoms with Crippen molar-refractivity contribution >= 4 is 16.9 Å². The van der Waals surface area contributed by atoms with Crippen molar-refractivity contribution in [3.63, 3.8) is 0 Å². The number of rotatable bonds is 4. The molecule has 0 aliphatic carbocycles. The van der Waals surface area contributed by atoms with Gasteiger partial charge >= 0.3 is 0 Å². The van der Waals surface area contributed by atoms with Crippen LogP contribution in [0, 0.1) is 6.92 Å². The molecule has 0 radical (unpaired) electrons. The zero-order chi connectivity index (χ0) is 14.7. The number of amides is 1. The molecule has 6 heteroatoms. The van der Waals surface area contributed by atoms with E-state index in [1.54, 1.807) is 19.2 Å². The van der Waals surface area contributed by atoms with E-state index in [0.717, 1.165) is 5.69 Å². The standard InChI is InChI=1S/C14H17N3O3/c1-8-4-5-10-12(18)11(6-15-13(10)16-8)14(19)17-9(2)7-20-3/h4-6,9H,7H2,1-3H3,(H,17,19)(H,15,16,18)/t9-/m0/s1. The number of nitrogens with zero attached hydrogens (tertiary/aromatic N) is 1. The van der Waals surface area contributed by atoms with Gasteiger partial charge in [-0.1, -0.05) is 0 Å². The number of carbonyl (C=O) groups excluding carboxylic acids is 1. The first-order valence-corrected chi connectivity index (χ1v) is 6.31. The van der Waals surface area contributed by atoms with Gasteiger partial charge in [0.1, 0.15) is 11.2 Å². The van der Waals surface area contributed by atoms with Crippen LogP contribution in [0.4, 0.5) is 0 Å². The largest absolute Gasteiger partial charge is 0.383 e. The minimum absolute atomic E-state index is 0.0751. The molecule has 1 atom stereocenters. The predicted octanol–water partition coefficient (Wildman–Crippen LogP) is 0.996. The summed E-state index contributed by atoms with van der Waals surface area (Å²) in [5.41, 5.74) is 1.04. The van der Waals surface area contributed by atoms with Crippen molar-refractivity contribution < 1.29 is 9.53 Å². The molecule has 0 unspecified atom stereocenters. The lowest BCUT2D eigenvalue weighted by Gasteiger charge is -2.12. The Morgan fingerprint density at radius 1 is 1.50 bits per heavy atom. The molecule has 20 heavy (non-hydrogen) atoms. The van der Waals surface area contributed by atoms with Crippen LogP contribution in [0.2, 0.25) is 0 Å². The third kappa shape index (κ3) is 2.85. The Kier molecular flexibility index (Phi) is 4.14. The van der Waals surface area contributed by atoms with Crippen LogP contribution in [-0.4, -0.2) is 35.6 Å². The number of pyridine rings is 2.